The highest BCUT2D eigenvalue weighted by Gasteiger charge is 2.43. The number of guanidine groups is 1. The number of hydrogen-bond acceptors (Lipinski definition) is 9. The van der Waals surface area contributed by atoms with Crippen LogP contribution in [0.4, 0.5) is 11.5 Å². The minimum absolute atomic E-state index is 0.0506. The van der Waals surface area contributed by atoms with Crippen molar-refractivity contribution in [2.45, 2.75) is 18.9 Å². The maximum absolute atomic E-state index is 10.9. The SMILES string of the molecule is CC(=O)CN=CC(=CN)NC(N)=Nc1ncccc1N1CC(CC#N)(NN)C1. The van der Waals surface area contributed by atoms with Crippen molar-refractivity contribution in [1.29, 1.82) is 5.26 Å². The molecule has 1 aliphatic heterocycles. The molecule has 2 rings (SSSR count). The van der Waals surface area contributed by atoms with Crippen LogP contribution in [-0.2, 0) is 4.79 Å². The van der Waals surface area contributed by atoms with Gasteiger partial charge in [-0.3, -0.25) is 15.6 Å². The first-order valence-corrected chi connectivity index (χ1v) is 8.50. The van der Waals surface area contributed by atoms with E-state index in [1.807, 2.05) is 11.0 Å². The molecule has 8 N–H and O–H groups in total. The van der Waals surface area contributed by atoms with Crippen LogP contribution in [0.15, 0.2) is 40.2 Å². The number of aromatic nitrogens is 1. The molecule has 1 saturated heterocycles. The minimum atomic E-state index is -0.446. The second kappa shape index (κ2) is 9.45. The number of aliphatic imine (C=N–C) groups is 2. The van der Waals surface area contributed by atoms with Crippen LogP contribution < -0.4 is 33.0 Å². The normalized spacial score (nSPS) is 16.5. The third-order valence-electron chi connectivity index (χ3n) is 4.04. The van der Waals surface area contributed by atoms with E-state index in [9.17, 15) is 4.79 Å². The molecule has 28 heavy (non-hydrogen) atoms. The molecule has 148 valence electrons. The van der Waals surface area contributed by atoms with Crippen LogP contribution in [0.1, 0.15) is 13.3 Å². The number of rotatable bonds is 8. The Hall–Kier alpha value is -3.49. The molecule has 0 spiro atoms. The zero-order valence-electron chi connectivity index (χ0n) is 15.6. The molecule has 0 saturated carbocycles. The molecule has 0 unspecified atom stereocenters. The summed E-state index contributed by atoms with van der Waals surface area (Å²) in [4.78, 5) is 25.5. The summed E-state index contributed by atoms with van der Waals surface area (Å²) in [5.41, 5.74) is 14.9. The van der Waals surface area contributed by atoms with Crippen molar-refractivity contribution in [3.63, 3.8) is 0 Å². The standard InChI is InChI=1S/C17H24N10O/c1-12(28)8-22-9-13(7-19)24-16(20)25-15-14(3-2-6-23-15)27-10-17(11-27,26-21)4-5-18/h2-3,6-7,9,26H,4,8,10-11,19,21H2,1H3,(H3,20,23,24,25). The highest BCUT2D eigenvalue weighted by atomic mass is 16.1. The number of carbonyl (C=O) groups excluding carboxylic acids is 1. The molecular weight excluding hydrogens is 360 g/mol. The van der Waals surface area contributed by atoms with E-state index in [1.165, 1.54) is 19.3 Å². The number of hydrogen-bond donors (Lipinski definition) is 5. The lowest BCUT2D eigenvalue weighted by Crippen LogP contribution is -2.71. The van der Waals surface area contributed by atoms with Crippen LogP contribution in [0.25, 0.3) is 0 Å². The third-order valence-corrected chi connectivity index (χ3v) is 4.04. The number of Topliss-reactive ketones (excluding diaryl/α,β-unsaturated/α-hetero) is 1. The molecule has 0 aromatic carbocycles. The van der Waals surface area contributed by atoms with Gasteiger partial charge in [-0.15, -0.1) is 0 Å². The number of nitrogens with two attached hydrogens (primary N) is 3. The molecule has 1 aromatic heterocycles. The van der Waals surface area contributed by atoms with Crippen molar-refractivity contribution in [3.8, 4) is 6.07 Å². The number of anilines is 1. The number of nitrogens with zero attached hydrogens (tertiary/aromatic N) is 5. The van der Waals surface area contributed by atoms with Crippen LogP contribution in [0.2, 0.25) is 0 Å². The number of hydrazine groups is 1. The number of nitriles is 1. The quantitative estimate of drug-likeness (QED) is 0.162. The van der Waals surface area contributed by atoms with Gasteiger partial charge in [0.2, 0.25) is 0 Å². The van der Waals surface area contributed by atoms with E-state index in [1.54, 1.807) is 12.3 Å². The first-order valence-electron chi connectivity index (χ1n) is 8.50. The lowest BCUT2D eigenvalue weighted by molar-refractivity contribution is -0.115. The fourth-order valence-corrected chi connectivity index (χ4v) is 2.66. The summed E-state index contributed by atoms with van der Waals surface area (Å²) in [6, 6.07) is 5.79. The van der Waals surface area contributed by atoms with Crippen molar-refractivity contribution in [3.05, 3.63) is 30.2 Å². The predicted molar refractivity (Wildman–Crippen MR) is 107 cm³/mol. The summed E-state index contributed by atoms with van der Waals surface area (Å²) in [5.74, 6) is 5.99. The maximum Gasteiger partial charge on any atom is 0.200 e. The lowest BCUT2D eigenvalue weighted by Gasteiger charge is -2.49. The van der Waals surface area contributed by atoms with Crippen LogP contribution in [0, 0.1) is 11.3 Å². The largest absolute Gasteiger partial charge is 0.403 e. The molecule has 0 amide bonds. The highest BCUT2D eigenvalue weighted by Crippen LogP contribution is 2.34. The zero-order chi connectivity index (χ0) is 20.6. The fourth-order valence-electron chi connectivity index (χ4n) is 2.66. The Morgan fingerprint density at radius 3 is 2.89 bits per heavy atom. The monoisotopic (exact) mass is 384 g/mol. The van der Waals surface area contributed by atoms with E-state index in [0.29, 0.717) is 31.0 Å². The van der Waals surface area contributed by atoms with Crippen LogP contribution in [0.3, 0.4) is 0 Å². The maximum atomic E-state index is 10.9. The van der Waals surface area contributed by atoms with Gasteiger partial charge in [-0.05, 0) is 19.1 Å². The Balaban J connectivity index is 2.11. The summed E-state index contributed by atoms with van der Waals surface area (Å²) >= 11 is 0. The highest BCUT2D eigenvalue weighted by molar-refractivity contribution is 5.91. The van der Waals surface area contributed by atoms with E-state index in [0.717, 1.165) is 5.69 Å². The first kappa shape index (κ1) is 20.8. The molecule has 1 aliphatic rings. The summed E-state index contributed by atoms with van der Waals surface area (Å²) in [5, 5.41) is 11.8. The van der Waals surface area contributed by atoms with Gasteiger partial charge in [0, 0.05) is 31.7 Å². The Bertz CT molecular complexity index is 833. The van der Waals surface area contributed by atoms with E-state index >= 15 is 0 Å². The number of allylic oxidation sites excluding steroid dienone is 1. The van der Waals surface area contributed by atoms with Crippen molar-refractivity contribution in [2.24, 2.45) is 27.3 Å². The summed E-state index contributed by atoms with van der Waals surface area (Å²) in [6.07, 6.45) is 4.57. The molecule has 0 bridgehead atoms. The first-order chi connectivity index (χ1) is 13.4. The third kappa shape index (κ3) is 5.26. The zero-order valence-corrected chi connectivity index (χ0v) is 15.6. The molecule has 11 nitrogen and oxygen atoms in total. The summed E-state index contributed by atoms with van der Waals surface area (Å²) in [6.45, 7) is 2.58. The Morgan fingerprint density at radius 2 is 2.29 bits per heavy atom. The van der Waals surface area contributed by atoms with E-state index in [4.69, 9.17) is 22.6 Å². The molecule has 1 aromatic rings. The predicted octanol–water partition coefficient (Wildman–Crippen LogP) is -0.987. The lowest BCUT2D eigenvalue weighted by atomic mass is 9.87. The van der Waals surface area contributed by atoms with Crippen molar-refractivity contribution in [2.75, 3.05) is 24.5 Å². The number of pyridine rings is 1. The second-order valence-corrected chi connectivity index (χ2v) is 6.38. The molecular formula is C17H24N10O. The van der Waals surface area contributed by atoms with Gasteiger partial charge in [0.25, 0.3) is 0 Å². The Kier molecular flexibility index (Phi) is 7.02. The average molecular weight is 384 g/mol. The molecule has 11 heteroatoms. The van der Waals surface area contributed by atoms with E-state index < -0.39 is 5.54 Å². The van der Waals surface area contributed by atoms with Crippen LogP contribution >= 0.6 is 0 Å². The number of nitrogens with one attached hydrogen (secondary N) is 2. The van der Waals surface area contributed by atoms with Gasteiger partial charge < -0.3 is 21.7 Å². The number of carbonyl (C=O) groups is 1. The summed E-state index contributed by atoms with van der Waals surface area (Å²) in [7, 11) is 0. The molecule has 1 fully saturated rings. The average Bonchev–Trinajstić information content (AvgIpc) is 2.64. The van der Waals surface area contributed by atoms with Gasteiger partial charge in [0.15, 0.2) is 17.6 Å². The van der Waals surface area contributed by atoms with Crippen molar-refractivity contribution < 1.29 is 4.79 Å². The van der Waals surface area contributed by atoms with Gasteiger partial charge in [-0.1, -0.05) is 0 Å². The minimum Gasteiger partial charge on any atom is -0.403 e. The van der Waals surface area contributed by atoms with Crippen LogP contribution in [0.5, 0.6) is 0 Å². The van der Waals surface area contributed by atoms with Crippen LogP contribution in [-0.4, -0.2) is 48.1 Å². The van der Waals surface area contributed by atoms with Gasteiger partial charge in [0.05, 0.1) is 36.0 Å². The van der Waals surface area contributed by atoms with Crippen molar-refractivity contribution >= 4 is 29.5 Å². The molecule has 0 aliphatic carbocycles. The Labute approximate surface area is 163 Å². The van der Waals surface area contributed by atoms with Gasteiger partial charge in [0.1, 0.15) is 0 Å². The van der Waals surface area contributed by atoms with Gasteiger partial charge in [-0.25, -0.2) is 10.4 Å². The smallest absolute Gasteiger partial charge is 0.200 e. The fraction of sp³-hybridized carbons (Fsp3) is 0.353. The van der Waals surface area contributed by atoms with Crippen molar-refractivity contribution in [1.82, 2.24) is 15.7 Å². The molecule has 2 heterocycles. The van der Waals surface area contributed by atoms with Gasteiger partial charge >= 0.3 is 0 Å². The topological polar surface area (TPSA) is 184 Å². The molecule has 0 radical (unpaired) electrons. The Morgan fingerprint density at radius 1 is 1.54 bits per heavy atom. The van der Waals surface area contributed by atoms with Gasteiger partial charge in [-0.2, -0.15) is 10.3 Å². The summed E-state index contributed by atoms with van der Waals surface area (Å²) < 4.78 is 0. The molecule has 0 atom stereocenters. The number of ketones is 1. The second-order valence-electron chi connectivity index (χ2n) is 6.38. The van der Waals surface area contributed by atoms with E-state index in [-0.39, 0.29) is 18.3 Å². The van der Waals surface area contributed by atoms with E-state index in [2.05, 4.69) is 31.8 Å².